The maximum Gasteiger partial charge on any atom is 0.326 e. The van der Waals surface area contributed by atoms with Crippen LogP contribution in [0.5, 0.6) is 0 Å². The summed E-state index contributed by atoms with van der Waals surface area (Å²) in [6.07, 6.45) is 0.269. The van der Waals surface area contributed by atoms with Crippen molar-refractivity contribution in [2.75, 3.05) is 17.6 Å². The van der Waals surface area contributed by atoms with E-state index in [1.54, 1.807) is 12.1 Å². The maximum absolute atomic E-state index is 12.6. The van der Waals surface area contributed by atoms with E-state index in [0.29, 0.717) is 30.8 Å². The lowest BCUT2D eigenvalue weighted by Crippen LogP contribution is -2.44. The molecule has 3 atom stereocenters. The number of nitrogens with zero attached hydrogens (tertiary/aromatic N) is 1. The number of aromatic nitrogens is 2. The van der Waals surface area contributed by atoms with Gasteiger partial charge in [-0.1, -0.05) is 0 Å². The standard InChI is InChI=1S/C23H28N6O9S/c24-23-28-18-12(19(33)29-23)7-10(9-25-18)1-2-11-3-5-15(39-11)20(34)27-13(21(35)36)4-6-16(30)26-14(22(37)38)8-17(31)32/h3,5,10,13-14H,1-2,4,6-9H2,(H,26,30)(H,27,34)(H,31,32)(H,35,36)(H,37,38)(H4,24,25,28,29,33)/t10?,13-,14+/m0/s1. The molecule has 9 N–H and O–H groups in total. The summed E-state index contributed by atoms with van der Waals surface area (Å²) < 4.78 is 0. The number of aliphatic carboxylic acids is 3. The number of carboxylic acid groups (broad SMARTS) is 3. The molecule has 0 saturated heterocycles. The van der Waals surface area contributed by atoms with Crippen molar-refractivity contribution in [3.8, 4) is 0 Å². The first-order chi connectivity index (χ1) is 18.4. The van der Waals surface area contributed by atoms with Gasteiger partial charge in [0.05, 0.1) is 16.9 Å². The monoisotopic (exact) mass is 564 g/mol. The number of hydrogen-bond acceptors (Lipinski definition) is 10. The molecule has 15 nitrogen and oxygen atoms in total. The fraction of sp³-hybridized carbons (Fsp3) is 0.435. The Morgan fingerprint density at radius 2 is 1.82 bits per heavy atom. The quantitative estimate of drug-likeness (QED) is 0.155. The number of nitrogens with one attached hydrogen (secondary N) is 4. The molecule has 1 aliphatic heterocycles. The molecule has 0 saturated carbocycles. The molecule has 1 unspecified atom stereocenters. The zero-order valence-corrected chi connectivity index (χ0v) is 21.4. The zero-order valence-electron chi connectivity index (χ0n) is 20.6. The summed E-state index contributed by atoms with van der Waals surface area (Å²) in [7, 11) is 0. The number of carbonyl (C=O) groups excluding carboxylic acids is 2. The van der Waals surface area contributed by atoms with E-state index >= 15 is 0 Å². The van der Waals surface area contributed by atoms with E-state index in [4.69, 9.17) is 15.9 Å². The fourth-order valence-electron chi connectivity index (χ4n) is 4.04. The van der Waals surface area contributed by atoms with Gasteiger partial charge in [-0.15, -0.1) is 11.3 Å². The number of H-pyrrole nitrogens is 1. The predicted octanol–water partition coefficient (Wildman–Crippen LogP) is -0.362. The number of aryl methyl sites for hydroxylation is 1. The van der Waals surface area contributed by atoms with Crippen molar-refractivity contribution in [2.45, 2.75) is 50.6 Å². The van der Waals surface area contributed by atoms with Crippen LogP contribution in [0, 0.1) is 5.92 Å². The normalized spacial score (nSPS) is 15.7. The lowest BCUT2D eigenvalue weighted by molar-refractivity contribution is -0.147. The summed E-state index contributed by atoms with van der Waals surface area (Å²) in [5, 5.41) is 34.7. The van der Waals surface area contributed by atoms with Crippen LogP contribution in [0.3, 0.4) is 0 Å². The average Bonchev–Trinajstić information content (AvgIpc) is 3.33. The highest BCUT2D eigenvalue weighted by Gasteiger charge is 2.26. The molecule has 1 aliphatic rings. The molecule has 2 amide bonds. The van der Waals surface area contributed by atoms with E-state index in [-0.39, 0.29) is 28.7 Å². The van der Waals surface area contributed by atoms with Gasteiger partial charge < -0.3 is 37.0 Å². The van der Waals surface area contributed by atoms with Crippen molar-refractivity contribution >= 4 is 52.8 Å². The van der Waals surface area contributed by atoms with Crippen LogP contribution in [0.2, 0.25) is 0 Å². The van der Waals surface area contributed by atoms with Gasteiger partial charge in [-0.05, 0) is 43.7 Å². The van der Waals surface area contributed by atoms with Crippen molar-refractivity contribution < 1.29 is 39.3 Å². The van der Waals surface area contributed by atoms with Crippen molar-refractivity contribution in [2.24, 2.45) is 5.92 Å². The summed E-state index contributed by atoms with van der Waals surface area (Å²) in [5.41, 5.74) is 5.83. The molecule has 0 aromatic carbocycles. The Labute approximate surface area is 224 Å². The Bertz CT molecular complexity index is 1320. The molecule has 0 radical (unpaired) electrons. The van der Waals surface area contributed by atoms with Gasteiger partial charge in [0.25, 0.3) is 11.5 Å². The zero-order chi connectivity index (χ0) is 28.7. The number of anilines is 2. The van der Waals surface area contributed by atoms with E-state index in [1.807, 2.05) is 5.32 Å². The van der Waals surface area contributed by atoms with Gasteiger partial charge in [-0.2, -0.15) is 4.98 Å². The van der Waals surface area contributed by atoms with Gasteiger partial charge >= 0.3 is 17.9 Å². The van der Waals surface area contributed by atoms with Crippen molar-refractivity contribution in [1.82, 2.24) is 20.6 Å². The third kappa shape index (κ3) is 8.26. The molecular formula is C23H28N6O9S. The number of nitrogen functional groups attached to an aromatic ring is 1. The van der Waals surface area contributed by atoms with Gasteiger partial charge in [0.1, 0.15) is 17.9 Å². The number of hydrogen-bond donors (Lipinski definition) is 8. The number of nitrogens with two attached hydrogens (primary N) is 1. The summed E-state index contributed by atoms with van der Waals surface area (Å²) in [6.45, 7) is 0.610. The molecule has 39 heavy (non-hydrogen) atoms. The number of amides is 2. The van der Waals surface area contributed by atoms with E-state index < -0.39 is 54.6 Å². The Morgan fingerprint density at radius 3 is 2.49 bits per heavy atom. The molecule has 0 aliphatic carbocycles. The second kappa shape index (κ2) is 12.9. The highest BCUT2D eigenvalue weighted by Crippen LogP contribution is 2.25. The third-order valence-electron chi connectivity index (χ3n) is 6.04. The van der Waals surface area contributed by atoms with Crippen molar-refractivity contribution in [3.63, 3.8) is 0 Å². The average molecular weight is 565 g/mol. The summed E-state index contributed by atoms with van der Waals surface area (Å²) in [5.74, 6) is -5.16. The van der Waals surface area contributed by atoms with Crippen LogP contribution in [-0.2, 0) is 32.0 Å². The van der Waals surface area contributed by atoms with Gasteiger partial charge in [-0.25, -0.2) is 9.59 Å². The minimum Gasteiger partial charge on any atom is -0.481 e. The van der Waals surface area contributed by atoms with Crippen LogP contribution in [-0.4, -0.2) is 73.6 Å². The second-order valence-electron chi connectivity index (χ2n) is 8.99. The van der Waals surface area contributed by atoms with Crippen LogP contribution in [0.1, 0.15) is 45.8 Å². The van der Waals surface area contributed by atoms with Crippen molar-refractivity contribution in [3.05, 3.63) is 37.8 Å². The van der Waals surface area contributed by atoms with Crippen LogP contribution < -0.4 is 27.2 Å². The van der Waals surface area contributed by atoms with Crippen LogP contribution in [0.4, 0.5) is 11.8 Å². The number of thiophene rings is 1. The fourth-order valence-corrected chi connectivity index (χ4v) is 4.97. The Morgan fingerprint density at radius 1 is 1.10 bits per heavy atom. The molecule has 0 bridgehead atoms. The van der Waals surface area contributed by atoms with E-state index in [9.17, 15) is 33.9 Å². The molecule has 16 heteroatoms. The number of rotatable bonds is 13. The molecule has 2 aromatic rings. The smallest absolute Gasteiger partial charge is 0.326 e. The molecule has 0 spiro atoms. The number of fused-ring (bicyclic) bond motifs is 1. The lowest BCUT2D eigenvalue weighted by atomic mass is 9.92. The first kappa shape index (κ1) is 29.1. The molecule has 210 valence electrons. The minimum absolute atomic E-state index is 0.0464. The maximum atomic E-state index is 12.6. The molecule has 3 heterocycles. The summed E-state index contributed by atoms with van der Waals surface area (Å²) in [6, 6.07) is 0.241. The first-order valence-corrected chi connectivity index (χ1v) is 12.7. The molecular weight excluding hydrogens is 536 g/mol. The topological polar surface area (TPSA) is 254 Å². The first-order valence-electron chi connectivity index (χ1n) is 11.9. The lowest BCUT2D eigenvalue weighted by Gasteiger charge is -2.24. The molecule has 0 fully saturated rings. The van der Waals surface area contributed by atoms with Crippen LogP contribution >= 0.6 is 11.3 Å². The minimum atomic E-state index is -1.66. The van der Waals surface area contributed by atoms with Gasteiger partial charge in [-0.3, -0.25) is 24.2 Å². The number of carbonyl (C=O) groups is 5. The number of carboxylic acids is 3. The largest absolute Gasteiger partial charge is 0.481 e. The summed E-state index contributed by atoms with van der Waals surface area (Å²) in [4.78, 5) is 78.0. The SMILES string of the molecule is Nc1nc2c(c(=O)[nH]1)CC(CCc1ccc(C(=O)N[C@@H](CCC(=O)N[C@H](CC(=O)O)C(=O)O)C(=O)O)s1)CN2. The van der Waals surface area contributed by atoms with Gasteiger partial charge in [0, 0.05) is 17.8 Å². The van der Waals surface area contributed by atoms with Crippen LogP contribution in [0.25, 0.3) is 0 Å². The molecule has 2 aromatic heterocycles. The highest BCUT2D eigenvalue weighted by molar-refractivity contribution is 7.14. The number of aromatic amines is 1. The van der Waals surface area contributed by atoms with E-state index in [2.05, 4.69) is 20.6 Å². The van der Waals surface area contributed by atoms with E-state index in [1.165, 1.54) is 11.3 Å². The van der Waals surface area contributed by atoms with Gasteiger partial charge in [0.15, 0.2) is 0 Å². The van der Waals surface area contributed by atoms with Gasteiger partial charge in [0.2, 0.25) is 11.9 Å². The second-order valence-corrected chi connectivity index (χ2v) is 10.2. The Balaban J connectivity index is 1.50. The molecule has 3 rings (SSSR count). The van der Waals surface area contributed by atoms with Crippen LogP contribution in [0.15, 0.2) is 16.9 Å². The Kier molecular flexibility index (Phi) is 9.59. The predicted molar refractivity (Wildman–Crippen MR) is 138 cm³/mol. The third-order valence-corrected chi connectivity index (χ3v) is 7.19. The van der Waals surface area contributed by atoms with Crippen molar-refractivity contribution in [1.29, 1.82) is 0 Å². The highest BCUT2D eigenvalue weighted by atomic mass is 32.1. The Hall–Kier alpha value is -4.47. The summed E-state index contributed by atoms with van der Waals surface area (Å²) >= 11 is 1.19. The van der Waals surface area contributed by atoms with E-state index in [0.717, 1.165) is 11.3 Å².